The number of methoxy groups -OCH3 is 2. The Morgan fingerprint density at radius 2 is 2.08 bits per heavy atom. The van der Waals surface area contributed by atoms with Gasteiger partial charge in [0.1, 0.15) is 6.04 Å². The van der Waals surface area contributed by atoms with Crippen molar-refractivity contribution < 1.29 is 19.2 Å². The van der Waals surface area contributed by atoms with Crippen LogP contribution in [-0.2, 0) is 11.2 Å². The lowest BCUT2D eigenvalue weighted by atomic mass is 10.0. The van der Waals surface area contributed by atoms with Crippen LogP contribution in [0.15, 0.2) is 29.6 Å². The molecule has 2 aromatic rings. The Morgan fingerprint density at radius 1 is 1.29 bits per heavy atom. The van der Waals surface area contributed by atoms with Crippen LogP contribution >= 0.6 is 11.3 Å². The number of benzene rings is 1. The first-order valence-corrected chi connectivity index (χ1v) is 8.93. The zero-order valence-corrected chi connectivity index (χ0v) is 15.0. The first-order chi connectivity index (χ1) is 11.6. The summed E-state index contributed by atoms with van der Waals surface area (Å²) in [6.45, 7) is 3.66. The van der Waals surface area contributed by atoms with E-state index in [4.69, 9.17) is 9.47 Å². The highest BCUT2D eigenvalue weighted by Gasteiger charge is 2.29. The normalized spacial score (nSPS) is 19.5. The lowest BCUT2D eigenvalue weighted by Gasteiger charge is -2.29. The van der Waals surface area contributed by atoms with Gasteiger partial charge in [0.05, 0.1) is 20.8 Å². The van der Waals surface area contributed by atoms with E-state index < -0.39 is 0 Å². The summed E-state index contributed by atoms with van der Waals surface area (Å²) in [6, 6.07) is 7.95. The molecule has 2 N–H and O–H groups in total. The van der Waals surface area contributed by atoms with Crippen molar-refractivity contribution in [1.82, 2.24) is 0 Å². The molecule has 0 saturated carbocycles. The van der Waals surface area contributed by atoms with Crippen molar-refractivity contribution in [1.29, 1.82) is 0 Å². The standard InChI is InChI=1S/C18H22N2O3S/c1-12-14-7-9-24-17(14)6-8-20(12)11-18(21)19-13-4-5-15(22-2)16(10-13)23-3/h4-5,7,9-10,12H,6,8,11H2,1-3H3,(H,19,21)/p+1/t12-/m1/s1. The van der Waals surface area contributed by atoms with Crippen LogP contribution in [0.5, 0.6) is 11.5 Å². The minimum Gasteiger partial charge on any atom is -0.493 e. The van der Waals surface area contributed by atoms with Gasteiger partial charge in [-0.25, -0.2) is 0 Å². The van der Waals surface area contributed by atoms with Crippen LogP contribution < -0.4 is 19.7 Å². The number of anilines is 1. The second kappa shape index (κ2) is 7.23. The second-order valence-corrected chi connectivity index (χ2v) is 6.97. The van der Waals surface area contributed by atoms with Gasteiger partial charge in [-0.1, -0.05) is 0 Å². The van der Waals surface area contributed by atoms with Gasteiger partial charge in [0.2, 0.25) is 0 Å². The molecule has 1 amide bonds. The van der Waals surface area contributed by atoms with Gasteiger partial charge in [0, 0.05) is 28.6 Å². The van der Waals surface area contributed by atoms with Gasteiger partial charge in [0.15, 0.2) is 18.0 Å². The Balaban J connectivity index is 1.64. The molecule has 0 fully saturated rings. The van der Waals surface area contributed by atoms with Crippen molar-refractivity contribution in [2.45, 2.75) is 19.4 Å². The van der Waals surface area contributed by atoms with E-state index in [9.17, 15) is 4.79 Å². The maximum absolute atomic E-state index is 12.4. The molecule has 0 radical (unpaired) electrons. The Labute approximate surface area is 146 Å². The van der Waals surface area contributed by atoms with Gasteiger partial charge >= 0.3 is 0 Å². The van der Waals surface area contributed by atoms with Gasteiger partial charge in [-0.2, -0.15) is 0 Å². The Kier molecular flexibility index (Phi) is 5.06. The Bertz CT molecular complexity index is 729. The minimum atomic E-state index is 0.0164. The van der Waals surface area contributed by atoms with Crippen LogP contribution in [0, 0.1) is 0 Å². The predicted octanol–water partition coefficient (Wildman–Crippen LogP) is 1.91. The number of thiophene rings is 1. The molecule has 24 heavy (non-hydrogen) atoms. The molecule has 1 aliphatic rings. The first-order valence-electron chi connectivity index (χ1n) is 8.05. The van der Waals surface area contributed by atoms with Gasteiger partial charge in [-0.3, -0.25) is 4.79 Å². The molecule has 128 valence electrons. The predicted molar refractivity (Wildman–Crippen MR) is 95.3 cm³/mol. The van der Waals surface area contributed by atoms with Crippen LogP contribution in [0.25, 0.3) is 0 Å². The number of ether oxygens (including phenoxy) is 2. The zero-order chi connectivity index (χ0) is 17.1. The van der Waals surface area contributed by atoms with E-state index in [1.54, 1.807) is 26.4 Å². The summed E-state index contributed by atoms with van der Waals surface area (Å²) in [5.41, 5.74) is 2.11. The number of hydrogen-bond acceptors (Lipinski definition) is 4. The monoisotopic (exact) mass is 347 g/mol. The summed E-state index contributed by atoms with van der Waals surface area (Å²) in [6.07, 6.45) is 1.05. The van der Waals surface area contributed by atoms with E-state index in [1.807, 2.05) is 17.4 Å². The number of rotatable bonds is 5. The third kappa shape index (κ3) is 3.39. The molecular weight excluding hydrogens is 324 g/mol. The number of carbonyl (C=O) groups excluding carboxylic acids is 1. The molecule has 1 aromatic carbocycles. The molecule has 0 spiro atoms. The molecule has 5 nitrogen and oxygen atoms in total. The van der Waals surface area contributed by atoms with E-state index in [1.165, 1.54) is 15.3 Å². The third-order valence-electron chi connectivity index (χ3n) is 4.59. The molecular formula is C18H23N2O3S+. The zero-order valence-electron chi connectivity index (χ0n) is 14.2. The largest absolute Gasteiger partial charge is 0.493 e. The molecule has 0 aliphatic carbocycles. The van der Waals surface area contributed by atoms with Crippen LogP contribution in [0.3, 0.4) is 0 Å². The average Bonchev–Trinajstić information content (AvgIpc) is 3.06. The Morgan fingerprint density at radius 3 is 2.83 bits per heavy atom. The number of quaternary nitrogens is 1. The van der Waals surface area contributed by atoms with E-state index in [0.29, 0.717) is 24.1 Å². The second-order valence-electron chi connectivity index (χ2n) is 5.97. The number of fused-ring (bicyclic) bond motifs is 1. The topological polar surface area (TPSA) is 52.0 Å². The Hall–Kier alpha value is -2.05. The van der Waals surface area contributed by atoms with Crippen LogP contribution in [0.1, 0.15) is 23.4 Å². The SMILES string of the molecule is COc1ccc(NC(=O)C[NH+]2CCc3sccc3[C@H]2C)cc1OC. The molecule has 6 heteroatoms. The number of carbonyl (C=O) groups is 1. The van der Waals surface area contributed by atoms with E-state index in [2.05, 4.69) is 23.7 Å². The highest BCUT2D eigenvalue weighted by atomic mass is 32.1. The highest BCUT2D eigenvalue weighted by molar-refractivity contribution is 7.10. The van der Waals surface area contributed by atoms with Gasteiger partial charge < -0.3 is 19.7 Å². The molecule has 0 bridgehead atoms. The molecule has 1 aliphatic heterocycles. The molecule has 3 rings (SSSR count). The highest BCUT2D eigenvalue weighted by Crippen LogP contribution is 2.29. The summed E-state index contributed by atoms with van der Waals surface area (Å²) in [7, 11) is 3.18. The lowest BCUT2D eigenvalue weighted by molar-refractivity contribution is -0.923. The van der Waals surface area contributed by atoms with Gasteiger partial charge in [-0.05, 0) is 30.5 Å². The van der Waals surface area contributed by atoms with Crippen LogP contribution in [0.4, 0.5) is 5.69 Å². The van der Waals surface area contributed by atoms with Crippen molar-refractivity contribution in [3.8, 4) is 11.5 Å². The smallest absolute Gasteiger partial charge is 0.279 e. The summed E-state index contributed by atoms with van der Waals surface area (Å²) in [5, 5.41) is 5.11. The quantitative estimate of drug-likeness (QED) is 0.869. The summed E-state index contributed by atoms with van der Waals surface area (Å²) >= 11 is 1.82. The molecule has 2 heterocycles. The maximum atomic E-state index is 12.4. The van der Waals surface area contributed by atoms with Crippen molar-refractivity contribution in [2.24, 2.45) is 0 Å². The summed E-state index contributed by atoms with van der Waals surface area (Å²) in [5.74, 6) is 1.27. The molecule has 0 saturated heterocycles. The third-order valence-corrected chi connectivity index (χ3v) is 5.58. The lowest BCUT2D eigenvalue weighted by Crippen LogP contribution is -3.14. The average molecular weight is 347 g/mol. The maximum Gasteiger partial charge on any atom is 0.279 e. The minimum absolute atomic E-state index is 0.0164. The molecule has 1 aromatic heterocycles. The molecule has 2 atom stereocenters. The van der Waals surface area contributed by atoms with Gasteiger partial charge in [-0.15, -0.1) is 11.3 Å². The number of hydrogen-bond donors (Lipinski definition) is 2. The van der Waals surface area contributed by atoms with Crippen LogP contribution in [0.2, 0.25) is 0 Å². The van der Waals surface area contributed by atoms with Crippen molar-refractivity contribution in [2.75, 3.05) is 32.6 Å². The first kappa shape index (κ1) is 16.8. The van der Waals surface area contributed by atoms with Gasteiger partial charge in [0.25, 0.3) is 5.91 Å². The summed E-state index contributed by atoms with van der Waals surface area (Å²) in [4.78, 5) is 15.2. The fraction of sp³-hybridized carbons (Fsp3) is 0.389. The van der Waals surface area contributed by atoms with Crippen LogP contribution in [-0.4, -0.2) is 33.2 Å². The molecule has 1 unspecified atom stereocenters. The van der Waals surface area contributed by atoms with Crippen molar-refractivity contribution in [3.05, 3.63) is 40.1 Å². The summed E-state index contributed by atoms with van der Waals surface area (Å²) < 4.78 is 10.5. The number of nitrogens with one attached hydrogen (secondary N) is 2. The van der Waals surface area contributed by atoms with E-state index in [0.717, 1.165) is 18.7 Å². The van der Waals surface area contributed by atoms with E-state index in [-0.39, 0.29) is 5.91 Å². The van der Waals surface area contributed by atoms with Crippen molar-refractivity contribution in [3.63, 3.8) is 0 Å². The number of amides is 1. The van der Waals surface area contributed by atoms with Crippen molar-refractivity contribution >= 4 is 22.9 Å². The fourth-order valence-corrected chi connectivity index (χ4v) is 4.20. The van der Waals surface area contributed by atoms with E-state index >= 15 is 0 Å². The fourth-order valence-electron chi connectivity index (χ4n) is 3.22.